The Morgan fingerprint density at radius 1 is 1.27 bits per heavy atom. The van der Waals surface area contributed by atoms with Crippen molar-refractivity contribution < 1.29 is 14.7 Å². The van der Waals surface area contributed by atoms with Crippen molar-refractivity contribution in [2.24, 2.45) is 5.92 Å². The van der Waals surface area contributed by atoms with Gasteiger partial charge in [0.1, 0.15) is 6.04 Å². The van der Waals surface area contributed by atoms with Crippen LogP contribution in [0.4, 0.5) is 0 Å². The van der Waals surface area contributed by atoms with Gasteiger partial charge in [0.15, 0.2) is 0 Å². The molecule has 22 heavy (non-hydrogen) atoms. The van der Waals surface area contributed by atoms with Crippen molar-refractivity contribution in [1.82, 2.24) is 9.88 Å². The molecule has 0 bridgehead atoms. The van der Waals surface area contributed by atoms with E-state index in [-0.39, 0.29) is 11.8 Å². The molecule has 1 aromatic heterocycles. The molecule has 0 aliphatic carbocycles. The second-order valence-corrected chi connectivity index (χ2v) is 5.84. The summed E-state index contributed by atoms with van der Waals surface area (Å²) in [4.78, 5) is 23.8. The van der Waals surface area contributed by atoms with Crippen LogP contribution in [0.5, 0.6) is 0 Å². The topological polar surface area (TPSA) is 71.3 Å². The van der Waals surface area contributed by atoms with E-state index in [1.165, 1.54) is 0 Å². The highest BCUT2D eigenvalue weighted by atomic mass is 16.4. The molecule has 1 heterocycles. The Hall–Kier alpha value is -2.30. The molecule has 2 aromatic rings. The van der Waals surface area contributed by atoms with E-state index in [4.69, 9.17) is 0 Å². The Balaban J connectivity index is 2.31. The van der Waals surface area contributed by atoms with Crippen molar-refractivity contribution in [3.05, 3.63) is 36.0 Å². The van der Waals surface area contributed by atoms with E-state index in [2.05, 4.69) is 5.32 Å². The second kappa shape index (κ2) is 6.64. The van der Waals surface area contributed by atoms with Crippen LogP contribution >= 0.6 is 0 Å². The van der Waals surface area contributed by atoms with Gasteiger partial charge in [0.25, 0.3) is 5.91 Å². The molecule has 0 spiro atoms. The maximum absolute atomic E-state index is 12.5. The zero-order chi connectivity index (χ0) is 16.3. The first kappa shape index (κ1) is 16.1. The number of aromatic nitrogens is 1. The standard InChI is InChI=1S/C17H22N2O3/c1-4-19-10-13(12-7-5-6-8-15(12)19)16(20)18-14(17(21)22)9-11(2)3/h5-8,10-11,14H,4,9H2,1-3H3,(H,18,20)(H,21,22). The first-order chi connectivity index (χ1) is 10.4. The van der Waals surface area contributed by atoms with E-state index in [1.54, 1.807) is 6.20 Å². The highest BCUT2D eigenvalue weighted by molar-refractivity contribution is 6.07. The average Bonchev–Trinajstić information content (AvgIpc) is 2.84. The van der Waals surface area contributed by atoms with E-state index in [0.717, 1.165) is 17.4 Å². The molecule has 0 aliphatic heterocycles. The Morgan fingerprint density at radius 2 is 1.95 bits per heavy atom. The van der Waals surface area contributed by atoms with Crippen LogP contribution in [0.25, 0.3) is 10.9 Å². The first-order valence-corrected chi connectivity index (χ1v) is 7.55. The third-order valence-corrected chi connectivity index (χ3v) is 3.68. The summed E-state index contributed by atoms with van der Waals surface area (Å²) in [5.41, 5.74) is 1.50. The largest absolute Gasteiger partial charge is 0.480 e. The highest BCUT2D eigenvalue weighted by Crippen LogP contribution is 2.21. The summed E-state index contributed by atoms with van der Waals surface area (Å²) in [5.74, 6) is -1.14. The number of carboxylic acid groups (broad SMARTS) is 1. The maximum atomic E-state index is 12.5. The summed E-state index contributed by atoms with van der Waals surface area (Å²) >= 11 is 0. The van der Waals surface area contributed by atoms with E-state index in [1.807, 2.05) is 49.6 Å². The van der Waals surface area contributed by atoms with Gasteiger partial charge in [0.2, 0.25) is 0 Å². The fraction of sp³-hybridized carbons (Fsp3) is 0.412. The van der Waals surface area contributed by atoms with Gasteiger partial charge in [-0.3, -0.25) is 4.79 Å². The third kappa shape index (κ3) is 3.30. The lowest BCUT2D eigenvalue weighted by molar-refractivity contribution is -0.139. The van der Waals surface area contributed by atoms with Crippen LogP contribution in [0.3, 0.4) is 0 Å². The van der Waals surface area contributed by atoms with Gasteiger partial charge in [-0.2, -0.15) is 0 Å². The minimum atomic E-state index is -0.999. The molecule has 0 radical (unpaired) electrons. The smallest absolute Gasteiger partial charge is 0.326 e. The molecule has 0 fully saturated rings. The first-order valence-electron chi connectivity index (χ1n) is 7.55. The average molecular weight is 302 g/mol. The quantitative estimate of drug-likeness (QED) is 0.862. The molecular weight excluding hydrogens is 280 g/mol. The van der Waals surface area contributed by atoms with Gasteiger partial charge in [-0.05, 0) is 25.3 Å². The summed E-state index contributed by atoms with van der Waals surface area (Å²) in [6.07, 6.45) is 2.20. The number of benzene rings is 1. The van der Waals surface area contributed by atoms with Crippen LogP contribution in [0.1, 0.15) is 37.6 Å². The van der Waals surface area contributed by atoms with Gasteiger partial charge in [0.05, 0.1) is 5.56 Å². The summed E-state index contributed by atoms with van der Waals surface area (Å²) < 4.78 is 1.99. The van der Waals surface area contributed by atoms with E-state index < -0.39 is 12.0 Å². The number of amides is 1. The molecular formula is C17H22N2O3. The number of para-hydroxylation sites is 1. The summed E-state index contributed by atoms with van der Waals surface area (Å²) in [7, 11) is 0. The number of aliphatic carboxylic acids is 1. The number of hydrogen-bond acceptors (Lipinski definition) is 2. The summed E-state index contributed by atoms with van der Waals surface area (Å²) in [6.45, 7) is 6.63. The van der Waals surface area contributed by atoms with Crippen LogP contribution in [-0.4, -0.2) is 27.6 Å². The second-order valence-electron chi connectivity index (χ2n) is 5.84. The van der Waals surface area contributed by atoms with E-state index in [9.17, 15) is 14.7 Å². The maximum Gasteiger partial charge on any atom is 0.326 e. The normalized spacial score (nSPS) is 12.5. The molecule has 118 valence electrons. The predicted molar refractivity (Wildman–Crippen MR) is 86.0 cm³/mol. The van der Waals surface area contributed by atoms with Gasteiger partial charge in [-0.15, -0.1) is 0 Å². The Kier molecular flexibility index (Phi) is 4.85. The number of carboxylic acids is 1. The lowest BCUT2D eigenvalue weighted by atomic mass is 10.0. The lowest BCUT2D eigenvalue weighted by Gasteiger charge is -2.16. The van der Waals surface area contributed by atoms with Crippen molar-refractivity contribution in [2.45, 2.75) is 39.8 Å². The minimum Gasteiger partial charge on any atom is -0.480 e. The Morgan fingerprint density at radius 3 is 2.55 bits per heavy atom. The Labute approximate surface area is 129 Å². The van der Waals surface area contributed by atoms with Crippen molar-refractivity contribution in [1.29, 1.82) is 0 Å². The Bertz CT molecular complexity index is 688. The highest BCUT2D eigenvalue weighted by Gasteiger charge is 2.23. The number of fused-ring (bicyclic) bond motifs is 1. The summed E-state index contributed by atoms with van der Waals surface area (Å²) in [5, 5.41) is 12.7. The van der Waals surface area contributed by atoms with Gasteiger partial charge >= 0.3 is 5.97 Å². The molecule has 0 saturated heterocycles. The molecule has 0 aliphatic rings. The van der Waals surface area contributed by atoms with E-state index >= 15 is 0 Å². The predicted octanol–water partition coefficient (Wildman–Crippen LogP) is 2.89. The number of nitrogens with one attached hydrogen (secondary N) is 1. The van der Waals surface area contributed by atoms with Gasteiger partial charge in [-0.1, -0.05) is 32.0 Å². The zero-order valence-electron chi connectivity index (χ0n) is 13.2. The van der Waals surface area contributed by atoms with Crippen LogP contribution in [-0.2, 0) is 11.3 Å². The number of rotatable bonds is 6. The molecule has 1 unspecified atom stereocenters. The third-order valence-electron chi connectivity index (χ3n) is 3.68. The van der Waals surface area contributed by atoms with Crippen molar-refractivity contribution in [2.75, 3.05) is 0 Å². The van der Waals surface area contributed by atoms with Crippen LogP contribution in [0, 0.1) is 5.92 Å². The molecule has 5 heteroatoms. The molecule has 1 aromatic carbocycles. The molecule has 5 nitrogen and oxygen atoms in total. The van der Waals surface area contributed by atoms with Crippen LogP contribution in [0.2, 0.25) is 0 Å². The van der Waals surface area contributed by atoms with Crippen molar-refractivity contribution in [3.63, 3.8) is 0 Å². The molecule has 2 rings (SSSR count). The van der Waals surface area contributed by atoms with Crippen molar-refractivity contribution >= 4 is 22.8 Å². The monoisotopic (exact) mass is 302 g/mol. The van der Waals surface area contributed by atoms with Crippen molar-refractivity contribution in [3.8, 4) is 0 Å². The van der Waals surface area contributed by atoms with Gasteiger partial charge in [-0.25, -0.2) is 4.79 Å². The van der Waals surface area contributed by atoms with Crippen LogP contribution in [0.15, 0.2) is 30.5 Å². The number of nitrogens with zero attached hydrogens (tertiary/aromatic N) is 1. The van der Waals surface area contributed by atoms with Crippen LogP contribution < -0.4 is 5.32 Å². The molecule has 2 N–H and O–H groups in total. The zero-order valence-corrected chi connectivity index (χ0v) is 13.2. The fourth-order valence-electron chi connectivity index (χ4n) is 2.62. The van der Waals surface area contributed by atoms with E-state index in [0.29, 0.717) is 12.0 Å². The molecule has 1 atom stereocenters. The number of hydrogen-bond donors (Lipinski definition) is 2. The van der Waals surface area contributed by atoms with Gasteiger partial charge < -0.3 is 15.0 Å². The number of carbonyl (C=O) groups excluding carboxylic acids is 1. The lowest BCUT2D eigenvalue weighted by Crippen LogP contribution is -2.41. The minimum absolute atomic E-state index is 0.193. The number of carbonyl (C=O) groups is 2. The summed E-state index contributed by atoms with van der Waals surface area (Å²) in [6, 6.07) is 6.78. The number of aryl methyl sites for hydroxylation is 1. The molecule has 0 saturated carbocycles. The fourth-order valence-corrected chi connectivity index (χ4v) is 2.62. The van der Waals surface area contributed by atoms with Gasteiger partial charge in [0, 0.05) is 23.6 Å². The SMILES string of the molecule is CCn1cc(C(=O)NC(CC(C)C)C(=O)O)c2ccccc21. The molecule has 1 amide bonds.